The highest BCUT2D eigenvalue weighted by molar-refractivity contribution is 6.30. The van der Waals surface area contributed by atoms with E-state index in [9.17, 15) is 22.4 Å². The molecule has 2 aromatic carbocycles. The van der Waals surface area contributed by atoms with Crippen LogP contribution < -0.4 is 5.32 Å². The second-order valence-electron chi connectivity index (χ2n) is 8.06. The molecule has 0 spiro atoms. The Hall–Kier alpha value is -1.83. The van der Waals surface area contributed by atoms with E-state index in [-0.39, 0.29) is 54.0 Å². The van der Waals surface area contributed by atoms with Crippen LogP contribution in [-0.4, -0.2) is 37.5 Å². The summed E-state index contributed by atoms with van der Waals surface area (Å²) in [5.41, 5.74) is 1.36. The zero-order valence-electron chi connectivity index (χ0n) is 17.8. The number of amides is 1. The smallest absolute Gasteiger partial charge is 0.345 e. The third kappa shape index (κ3) is 6.36. The molecule has 2 unspecified atom stereocenters. The zero-order valence-corrected chi connectivity index (χ0v) is 19.4. The van der Waals surface area contributed by atoms with Crippen molar-refractivity contribution in [3.63, 3.8) is 0 Å². The molecule has 1 N–H and O–H groups in total. The molecular weight excluding hydrogens is 467 g/mol. The predicted molar refractivity (Wildman–Crippen MR) is 120 cm³/mol. The van der Waals surface area contributed by atoms with Gasteiger partial charge in [0.15, 0.2) is 0 Å². The van der Waals surface area contributed by atoms with Gasteiger partial charge < -0.3 is 10.2 Å². The summed E-state index contributed by atoms with van der Waals surface area (Å²) in [6, 6.07) is 8.05. The van der Waals surface area contributed by atoms with Crippen molar-refractivity contribution < 1.29 is 22.4 Å². The Balaban J connectivity index is 0.00000363. The molecule has 1 heterocycles. The number of hydrogen-bond donors (Lipinski definition) is 1. The fourth-order valence-corrected chi connectivity index (χ4v) is 4.44. The van der Waals surface area contributed by atoms with Crippen LogP contribution in [0, 0.1) is 18.7 Å². The Morgan fingerprint density at radius 1 is 1.22 bits per heavy atom. The molecule has 1 aliphatic rings. The summed E-state index contributed by atoms with van der Waals surface area (Å²) in [6.07, 6.45) is -3.58. The first kappa shape index (κ1) is 26.4. The number of benzene rings is 2. The number of nitrogens with one attached hydrogen (secondary N) is 1. The van der Waals surface area contributed by atoms with Crippen molar-refractivity contribution >= 4 is 29.9 Å². The average Bonchev–Trinajstić information content (AvgIpc) is 2.70. The van der Waals surface area contributed by atoms with E-state index in [1.54, 1.807) is 18.0 Å². The number of aryl methyl sites for hydroxylation is 1. The SMILES string of the molecule is Cc1cc(F)ccc1C1CNCCC1C(=O)N(C)CCc1cc(Cl)cc(C(F)(F)F)c1.Cl. The monoisotopic (exact) mass is 492 g/mol. The summed E-state index contributed by atoms with van der Waals surface area (Å²) < 4.78 is 52.6. The number of halogens is 6. The van der Waals surface area contributed by atoms with E-state index in [4.69, 9.17) is 11.6 Å². The van der Waals surface area contributed by atoms with Crippen LogP contribution in [-0.2, 0) is 17.4 Å². The van der Waals surface area contributed by atoms with Gasteiger partial charge in [0.25, 0.3) is 0 Å². The van der Waals surface area contributed by atoms with Crippen molar-refractivity contribution in [2.24, 2.45) is 5.92 Å². The summed E-state index contributed by atoms with van der Waals surface area (Å²) in [7, 11) is 1.66. The Bertz CT molecular complexity index is 952. The lowest BCUT2D eigenvalue weighted by Crippen LogP contribution is -2.44. The number of carbonyl (C=O) groups is 1. The van der Waals surface area contributed by atoms with Crippen LogP contribution in [0.3, 0.4) is 0 Å². The molecule has 0 aromatic heterocycles. The Morgan fingerprint density at radius 3 is 2.59 bits per heavy atom. The highest BCUT2D eigenvalue weighted by atomic mass is 35.5. The molecule has 1 aliphatic heterocycles. The second kappa shape index (κ2) is 10.9. The van der Waals surface area contributed by atoms with E-state index in [1.165, 1.54) is 18.2 Å². The number of alkyl halides is 3. The molecule has 1 fully saturated rings. The molecule has 0 bridgehead atoms. The minimum Gasteiger partial charge on any atom is -0.345 e. The van der Waals surface area contributed by atoms with Gasteiger partial charge in [-0.2, -0.15) is 13.2 Å². The largest absolute Gasteiger partial charge is 0.416 e. The molecule has 1 amide bonds. The van der Waals surface area contributed by atoms with Crippen molar-refractivity contribution in [2.45, 2.75) is 31.9 Å². The van der Waals surface area contributed by atoms with Gasteiger partial charge in [-0.05, 0) is 73.3 Å². The van der Waals surface area contributed by atoms with Gasteiger partial charge in [-0.1, -0.05) is 17.7 Å². The Labute approximate surface area is 196 Å². The number of hydrogen-bond acceptors (Lipinski definition) is 2. The number of carbonyl (C=O) groups excluding carboxylic acids is 1. The number of nitrogens with zero attached hydrogens (tertiary/aromatic N) is 1. The van der Waals surface area contributed by atoms with Gasteiger partial charge in [0, 0.05) is 37.0 Å². The summed E-state index contributed by atoms with van der Waals surface area (Å²) >= 11 is 5.85. The maximum Gasteiger partial charge on any atom is 0.416 e. The minimum atomic E-state index is -4.48. The van der Waals surface area contributed by atoms with E-state index in [0.29, 0.717) is 25.1 Å². The van der Waals surface area contributed by atoms with Crippen LogP contribution in [0.25, 0.3) is 0 Å². The number of piperidine rings is 1. The fourth-order valence-electron chi connectivity index (χ4n) is 4.18. The van der Waals surface area contributed by atoms with Gasteiger partial charge in [-0.3, -0.25) is 4.79 Å². The van der Waals surface area contributed by atoms with Gasteiger partial charge >= 0.3 is 6.18 Å². The average molecular weight is 493 g/mol. The number of rotatable bonds is 5. The maximum atomic E-state index is 13.5. The van der Waals surface area contributed by atoms with Crippen molar-refractivity contribution in [1.29, 1.82) is 0 Å². The third-order valence-corrected chi connectivity index (χ3v) is 6.05. The van der Waals surface area contributed by atoms with E-state index < -0.39 is 11.7 Å². The van der Waals surface area contributed by atoms with Gasteiger partial charge in [0.05, 0.1) is 5.56 Å². The number of likely N-dealkylation sites (N-methyl/N-ethyl adjacent to an activating group) is 1. The molecular formula is C23H26Cl2F4N2O. The van der Waals surface area contributed by atoms with Crippen molar-refractivity contribution in [2.75, 3.05) is 26.7 Å². The van der Waals surface area contributed by atoms with Gasteiger partial charge in [0.2, 0.25) is 5.91 Å². The van der Waals surface area contributed by atoms with Crippen LogP contribution in [0.1, 0.15) is 34.6 Å². The lowest BCUT2D eigenvalue weighted by molar-refractivity contribution is -0.138. The minimum absolute atomic E-state index is 0. The second-order valence-corrected chi connectivity index (χ2v) is 8.50. The molecule has 176 valence electrons. The molecule has 1 saturated heterocycles. The molecule has 0 radical (unpaired) electrons. The standard InChI is InChI=1S/C23H25ClF4N2O.ClH/c1-14-9-18(25)3-4-19(14)21-13-29-7-5-20(21)22(31)30(2)8-6-15-10-16(23(26,27)28)12-17(24)11-15;/h3-4,9-12,20-21,29H,5-8,13H2,1-2H3;1H. The quantitative estimate of drug-likeness (QED) is 0.549. The first-order chi connectivity index (χ1) is 14.6. The van der Waals surface area contributed by atoms with E-state index in [1.807, 2.05) is 6.92 Å². The summed E-state index contributed by atoms with van der Waals surface area (Å²) in [4.78, 5) is 14.8. The molecule has 0 saturated carbocycles. The van der Waals surface area contributed by atoms with Crippen LogP contribution in [0.2, 0.25) is 5.02 Å². The maximum absolute atomic E-state index is 13.5. The molecule has 9 heteroatoms. The molecule has 0 aliphatic carbocycles. The lowest BCUT2D eigenvalue weighted by atomic mass is 9.79. The summed E-state index contributed by atoms with van der Waals surface area (Å²) in [5, 5.41) is 3.32. The van der Waals surface area contributed by atoms with Crippen molar-refractivity contribution in [3.8, 4) is 0 Å². The molecule has 3 rings (SSSR count). The van der Waals surface area contributed by atoms with E-state index >= 15 is 0 Å². The first-order valence-electron chi connectivity index (χ1n) is 10.1. The van der Waals surface area contributed by atoms with Crippen molar-refractivity contribution in [1.82, 2.24) is 10.2 Å². The Morgan fingerprint density at radius 2 is 1.94 bits per heavy atom. The van der Waals surface area contributed by atoms with Gasteiger partial charge in [-0.25, -0.2) is 4.39 Å². The van der Waals surface area contributed by atoms with Crippen molar-refractivity contribution in [3.05, 3.63) is 69.5 Å². The Kier molecular flexibility index (Phi) is 8.97. The molecule has 2 aromatic rings. The summed E-state index contributed by atoms with van der Waals surface area (Å²) in [6.45, 7) is 3.41. The normalized spacial score (nSPS) is 18.7. The highest BCUT2D eigenvalue weighted by Gasteiger charge is 2.35. The first-order valence-corrected chi connectivity index (χ1v) is 10.5. The molecule has 3 nitrogen and oxygen atoms in total. The van der Waals surface area contributed by atoms with Gasteiger partial charge in [0.1, 0.15) is 5.82 Å². The van der Waals surface area contributed by atoms with E-state index in [0.717, 1.165) is 23.3 Å². The summed E-state index contributed by atoms with van der Waals surface area (Å²) in [5.74, 6) is -0.745. The van der Waals surface area contributed by atoms with Crippen LogP contribution in [0.4, 0.5) is 17.6 Å². The zero-order chi connectivity index (χ0) is 22.8. The van der Waals surface area contributed by atoms with E-state index in [2.05, 4.69) is 5.32 Å². The third-order valence-electron chi connectivity index (χ3n) is 5.83. The fraction of sp³-hybridized carbons (Fsp3) is 0.435. The topological polar surface area (TPSA) is 32.3 Å². The van der Waals surface area contributed by atoms with Crippen LogP contribution in [0.15, 0.2) is 36.4 Å². The lowest BCUT2D eigenvalue weighted by Gasteiger charge is -2.35. The predicted octanol–water partition coefficient (Wildman–Crippen LogP) is 5.62. The van der Waals surface area contributed by atoms with Gasteiger partial charge in [-0.15, -0.1) is 12.4 Å². The molecule has 2 atom stereocenters. The van der Waals surface area contributed by atoms with Crippen LogP contribution in [0.5, 0.6) is 0 Å². The molecule has 32 heavy (non-hydrogen) atoms. The van der Waals surface area contributed by atoms with Crippen LogP contribution >= 0.6 is 24.0 Å². The highest BCUT2D eigenvalue weighted by Crippen LogP contribution is 2.34.